The molecular formula is C11H16NO6PS. The largest absolute Gasteiger partial charge is 0.481 e. The molecule has 1 amide bonds. The summed E-state index contributed by atoms with van der Waals surface area (Å²) in [6.45, 7) is -0.0601. The van der Waals surface area contributed by atoms with Crippen molar-refractivity contribution in [1.82, 2.24) is 5.32 Å². The summed E-state index contributed by atoms with van der Waals surface area (Å²) in [6, 6.07) is 1.78. The molecule has 20 heavy (non-hydrogen) atoms. The lowest BCUT2D eigenvalue weighted by Crippen LogP contribution is -2.35. The lowest BCUT2D eigenvalue weighted by Gasteiger charge is -2.16. The van der Waals surface area contributed by atoms with Crippen LogP contribution in [0.3, 0.4) is 0 Å². The van der Waals surface area contributed by atoms with Gasteiger partial charge in [-0.1, -0.05) is 0 Å². The van der Waals surface area contributed by atoms with Gasteiger partial charge in [0.1, 0.15) is 0 Å². The molecule has 1 aromatic rings. The van der Waals surface area contributed by atoms with Gasteiger partial charge in [-0.05, 0) is 28.8 Å². The minimum Gasteiger partial charge on any atom is -0.481 e. The molecule has 0 bridgehead atoms. The topological polar surface area (TPSA) is 124 Å². The third-order valence-corrected chi connectivity index (χ3v) is 4.18. The Hall–Kier alpha value is -1.21. The standard InChI is InChI=1S/C11H16NO6PS/c13-10(14)1-3-12-11(15)9(6-19(16,17)18)5-8-2-4-20-7-8/h2,4,7,9H,1,3,5-6H2,(H,12,15)(H,13,14)(H2,16,17,18). The molecule has 1 aromatic heterocycles. The Morgan fingerprint density at radius 1 is 1.40 bits per heavy atom. The van der Waals surface area contributed by atoms with E-state index in [1.54, 1.807) is 11.4 Å². The predicted octanol–water partition coefficient (Wildman–Crippen LogP) is 0.675. The van der Waals surface area contributed by atoms with Gasteiger partial charge >= 0.3 is 13.6 Å². The zero-order valence-corrected chi connectivity index (χ0v) is 12.3. The van der Waals surface area contributed by atoms with E-state index in [0.717, 1.165) is 5.56 Å². The van der Waals surface area contributed by atoms with Gasteiger partial charge in [-0.3, -0.25) is 14.2 Å². The normalized spacial score (nSPS) is 12.9. The SMILES string of the molecule is O=C(O)CCNC(=O)C(Cc1ccsc1)CP(=O)(O)O. The number of carbonyl (C=O) groups is 2. The van der Waals surface area contributed by atoms with Crippen molar-refractivity contribution in [3.63, 3.8) is 0 Å². The maximum atomic E-state index is 11.9. The summed E-state index contributed by atoms with van der Waals surface area (Å²) >= 11 is 1.43. The van der Waals surface area contributed by atoms with E-state index in [2.05, 4.69) is 5.32 Å². The van der Waals surface area contributed by atoms with Crippen molar-refractivity contribution in [2.24, 2.45) is 5.92 Å². The number of aliphatic carboxylic acids is 1. The molecule has 1 rings (SSSR count). The van der Waals surface area contributed by atoms with Crippen LogP contribution in [0.15, 0.2) is 16.8 Å². The van der Waals surface area contributed by atoms with E-state index >= 15 is 0 Å². The van der Waals surface area contributed by atoms with Crippen LogP contribution >= 0.6 is 18.9 Å². The van der Waals surface area contributed by atoms with Gasteiger partial charge in [0.2, 0.25) is 5.91 Å². The van der Waals surface area contributed by atoms with Crippen LogP contribution < -0.4 is 5.32 Å². The average molecular weight is 321 g/mol. The third-order valence-electron chi connectivity index (χ3n) is 2.53. The summed E-state index contributed by atoms with van der Waals surface area (Å²) in [5.41, 5.74) is 0.821. The molecule has 1 heterocycles. The van der Waals surface area contributed by atoms with Crippen molar-refractivity contribution < 1.29 is 29.0 Å². The monoisotopic (exact) mass is 321 g/mol. The van der Waals surface area contributed by atoms with Crippen LogP contribution in [0.25, 0.3) is 0 Å². The second-order valence-corrected chi connectivity index (χ2v) is 6.79. The fourth-order valence-corrected chi connectivity index (χ4v) is 3.21. The number of nitrogens with one attached hydrogen (secondary N) is 1. The number of rotatable bonds is 8. The number of carboxylic acid groups (broad SMARTS) is 1. The molecule has 0 aliphatic carbocycles. The van der Waals surface area contributed by atoms with Crippen LogP contribution in [0, 0.1) is 5.92 Å². The van der Waals surface area contributed by atoms with Crippen molar-refractivity contribution >= 4 is 30.8 Å². The zero-order chi connectivity index (χ0) is 15.2. The van der Waals surface area contributed by atoms with Gasteiger partial charge in [0, 0.05) is 6.54 Å². The number of amides is 1. The Balaban J connectivity index is 2.63. The molecule has 4 N–H and O–H groups in total. The van der Waals surface area contributed by atoms with Crippen molar-refractivity contribution in [3.8, 4) is 0 Å². The van der Waals surface area contributed by atoms with E-state index in [4.69, 9.17) is 14.9 Å². The molecular weight excluding hydrogens is 305 g/mol. The number of hydrogen-bond donors (Lipinski definition) is 4. The maximum absolute atomic E-state index is 11.9. The average Bonchev–Trinajstić information content (AvgIpc) is 2.78. The van der Waals surface area contributed by atoms with Gasteiger partial charge in [0.05, 0.1) is 18.5 Å². The van der Waals surface area contributed by atoms with E-state index in [1.165, 1.54) is 11.3 Å². The van der Waals surface area contributed by atoms with Gasteiger partial charge in [-0.15, -0.1) is 0 Å². The Labute approximate surface area is 119 Å². The summed E-state index contributed by atoms with van der Waals surface area (Å²) in [5.74, 6) is -2.46. The predicted molar refractivity (Wildman–Crippen MR) is 73.7 cm³/mol. The molecule has 0 fully saturated rings. The van der Waals surface area contributed by atoms with Crippen LogP contribution in [0.4, 0.5) is 0 Å². The summed E-state index contributed by atoms with van der Waals surface area (Å²) in [4.78, 5) is 40.3. The lowest BCUT2D eigenvalue weighted by molar-refractivity contribution is -0.137. The summed E-state index contributed by atoms with van der Waals surface area (Å²) in [6.07, 6.45) is -0.567. The molecule has 0 saturated carbocycles. The Morgan fingerprint density at radius 2 is 2.10 bits per heavy atom. The second-order valence-electron chi connectivity index (χ2n) is 4.31. The first-order valence-electron chi connectivity index (χ1n) is 5.83. The third kappa shape index (κ3) is 6.81. The molecule has 1 unspecified atom stereocenters. The van der Waals surface area contributed by atoms with Gasteiger partial charge in [0.15, 0.2) is 0 Å². The van der Waals surface area contributed by atoms with Gasteiger partial charge < -0.3 is 20.2 Å². The fraction of sp³-hybridized carbons (Fsp3) is 0.455. The van der Waals surface area contributed by atoms with E-state index < -0.39 is 31.6 Å². The van der Waals surface area contributed by atoms with Crippen molar-refractivity contribution in [2.45, 2.75) is 12.8 Å². The molecule has 0 radical (unpaired) electrons. The van der Waals surface area contributed by atoms with E-state index in [1.807, 2.05) is 5.38 Å². The highest BCUT2D eigenvalue weighted by Gasteiger charge is 2.27. The first-order valence-corrected chi connectivity index (χ1v) is 8.57. The van der Waals surface area contributed by atoms with E-state index in [9.17, 15) is 14.2 Å². The first kappa shape index (κ1) is 16.8. The minimum atomic E-state index is -4.32. The molecule has 7 nitrogen and oxygen atoms in total. The number of carboxylic acids is 1. The van der Waals surface area contributed by atoms with E-state index in [-0.39, 0.29) is 19.4 Å². The van der Waals surface area contributed by atoms with Crippen molar-refractivity contribution in [1.29, 1.82) is 0 Å². The summed E-state index contributed by atoms with van der Waals surface area (Å²) < 4.78 is 11.1. The quantitative estimate of drug-likeness (QED) is 0.522. The highest BCUT2D eigenvalue weighted by atomic mass is 32.1. The van der Waals surface area contributed by atoms with Gasteiger partial charge in [0.25, 0.3) is 0 Å². The highest BCUT2D eigenvalue weighted by molar-refractivity contribution is 7.51. The molecule has 0 aromatic carbocycles. The number of hydrogen-bond acceptors (Lipinski definition) is 4. The molecule has 0 saturated heterocycles. The fourth-order valence-electron chi connectivity index (χ4n) is 1.66. The van der Waals surface area contributed by atoms with Crippen LogP contribution in [-0.2, 0) is 20.6 Å². The molecule has 1 atom stereocenters. The lowest BCUT2D eigenvalue weighted by atomic mass is 10.0. The molecule has 9 heteroatoms. The second kappa shape index (κ2) is 7.54. The summed E-state index contributed by atoms with van der Waals surface area (Å²) in [7, 11) is -4.32. The zero-order valence-electron chi connectivity index (χ0n) is 10.6. The number of thiophene rings is 1. The smallest absolute Gasteiger partial charge is 0.326 e. The van der Waals surface area contributed by atoms with Crippen molar-refractivity contribution in [3.05, 3.63) is 22.4 Å². The van der Waals surface area contributed by atoms with Gasteiger partial charge in [-0.25, -0.2) is 0 Å². The molecule has 0 spiro atoms. The van der Waals surface area contributed by atoms with Gasteiger partial charge in [-0.2, -0.15) is 11.3 Å². The van der Waals surface area contributed by atoms with Crippen LogP contribution in [0.2, 0.25) is 0 Å². The Morgan fingerprint density at radius 3 is 2.60 bits per heavy atom. The van der Waals surface area contributed by atoms with Crippen LogP contribution in [0.1, 0.15) is 12.0 Å². The Kier molecular flexibility index (Phi) is 6.35. The summed E-state index contributed by atoms with van der Waals surface area (Å²) in [5, 5.41) is 14.5. The molecule has 0 aliphatic heterocycles. The minimum absolute atomic E-state index is 0.0601. The molecule has 112 valence electrons. The first-order chi connectivity index (χ1) is 9.28. The van der Waals surface area contributed by atoms with Crippen LogP contribution in [-0.4, -0.2) is 39.5 Å². The molecule has 0 aliphatic rings. The Bertz CT molecular complexity index is 497. The number of carbonyl (C=O) groups excluding carboxylic acids is 1. The highest BCUT2D eigenvalue weighted by Crippen LogP contribution is 2.37. The maximum Gasteiger partial charge on any atom is 0.326 e. The van der Waals surface area contributed by atoms with Crippen LogP contribution in [0.5, 0.6) is 0 Å². The van der Waals surface area contributed by atoms with Crippen molar-refractivity contribution in [2.75, 3.05) is 12.7 Å². The van der Waals surface area contributed by atoms with E-state index in [0.29, 0.717) is 0 Å².